The van der Waals surface area contributed by atoms with Crippen LogP contribution in [0.1, 0.15) is 24.0 Å². The van der Waals surface area contributed by atoms with Gasteiger partial charge in [0.2, 0.25) is 9.05 Å². The monoisotopic (exact) mass is 274 g/mol. The largest absolute Gasteiger partial charge is 0.493 e. The summed E-state index contributed by atoms with van der Waals surface area (Å²) in [4.78, 5) is 0. The Hall–Kier alpha value is -0.740. The maximum Gasteiger partial charge on any atom is 0.236 e. The van der Waals surface area contributed by atoms with E-state index in [0.717, 1.165) is 5.56 Å². The van der Waals surface area contributed by atoms with E-state index < -0.39 is 9.05 Å². The third-order valence-electron chi connectivity index (χ3n) is 2.72. The fourth-order valence-electron chi connectivity index (χ4n) is 1.64. The maximum atomic E-state index is 11.1. The summed E-state index contributed by atoms with van der Waals surface area (Å²) < 4.78 is 27.9. The molecule has 0 atom stereocenters. The highest BCUT2D eigenvalue weighted by Gasteiger charge is 2.22. The molecule has 0 radical (unpaired) electrons. The van der Waals surface area contributed by atoms with E-state index in [1.54, 1.807) is 0 Å². The van der Waals surface area contributed by atoms with Crippen LogP contribution in [0.5, 0.6) is 5.75 Å². The average molecular weight is 275 g/mol. The number of hydrogen-bond donors (Lipinski definition) is 0. The van der Waals surface area contributed by atoms with Gasteiger partial charge in [0.1, 0.15) is 5.75 Å². The number of halogens is 1. The quantitative estimate of drug-likeness (QED) is 0.776. The second-order valence-corrected chi connectivity index (χ2v) is 7.33. The van der Waals surface area contributed by atoms with Gasteiger partial charge in [-0.15, -0.1) is 0 Å². The van der Waals surface area contributed by atoms with Crippen LogP contribution in [0.25, 0.3) is 0 Å². The molecule has 1 aromatic carbocycles. The van der Waals surface area contributed by atoms with Crippen LogP contribution < -0.4 is 4.74 Å². The summed E-state index contributed by atoms with van der Waals surface area (Å²) in [6.45, 7) is 2.58. The van der Waals surface area contributed by atoms with Crippen LogP contribution in [0.2, 0.25) is 0 Å². The molecule has 0 saturated heterocycles. The number of hydrogen-bond acceptors (Lipinski definition) is 3. The Labute approximate surface area is 106 Å². The topological polar surface area (TPSA) is 43.4 Å². The molecule has 5 heteroatoms. The predicted octanol–water partition coefficient (Wildman–Crippen LogP) is 2.85. The molecule has 0 unspecified atom stereocenters. The summed E-state index contributed by atoms with van der Waals surface area (Å²) in [5.41, 5.74) is 1.64. The lowest BCUT2D eigenvalue weighted by atomic mass is 10.1. The van der Waals surface area contributed by atoms with Gasteiger partial charge >= 0.3 is 0 Å². The number of ether oxygens (including phenoxy) is 1. The molecule has 17 heavy (non-hydrogen) atoms. The van der Waals surface area contributed by atoms with Crippen molar-refractivity contribution in [3.63, 3.8) is 0 Å². The number of rotatable bonds is 5. The van der Waals surface area contributed by atoms with Gasteiger partial charge in [0, 0.05) is 16.2 Å². The van der Waals surface area contributed by atoms with Crippen molar-refractivity contribution in [3.8, 4) is 5.75 Å². The number of benzene rings is 1. The smallest absolute Gasteiger partial charge is 0.236 e. The van der Waals surface area contributed by atoms with Crippen LogP contribution in [0.15, 0.2) is 18.2 Å². The van der Waals surface area contributed by atoms with Gasteiger partial charge in [0.25, 0.3) is 0 Å². The van der Waals surface area contributed by atoms with Gasteiger partial charge in [0.05, 0.1) is 12.4 Å². The molecule has 2 rings (SSSR count). The Balaban J connectivity index is 2.16. The van der Waals surface area contributed by atoms with Gasteiger partial charge in [-0.3, -0.25) is 0 Å². The van der Waals surface area contributed by atoms with Crippen molar-refractivity contribution in [1.82, 2.24) is 0 Å². The summed E-state index contributed by atoms with van der Waals surface area (Å²) in [5.74, 6) is 1.08. The second kappa shape index (κ2) is 4.86. The molecule has 0 aliphatic heterocycles. The molecule has 1 aliphatic carbocycles. The summed E-state index contributed by atoms with van der Waals surface area (Å²) in [6.07, 6.45) is 2.41. The Kier molecular flexibility index (Phi) is 3.64. The van der Waals surface area contributed by atoms with E-state index in [9.17, 15) is 8.42 Å². The SMILES string of the molecule is Cc1ccc(OCC2CC2)c(CS(=O)(=O)Cl)c1. The van der Waals surface area contributed by atoms with E-state index in [2.05, 4.69) is 0 Å². The van der Waals surface area contributed by atoms with E-state index in [4.69, 9.17) is 15.4 Å². The Morgan fingerprint density at radius 3 is 2.71 bits per heavy atom. The first-order valence-electron chi connectivity index (χ1n) is 5.59. The van der Waals surface area contributed by atoms with Crippen LogP contribution in [0, 0.1) is 12.8 Å². The van der Waals surface area contributed by atoms with Crippen LogP contribution in [-0.2, 0) is 14.8 Å². The Bertz CT molecular complexity index is 506. The first-order chi connectivity index (χ1) is 7.94. The van der Waals surface area contributed by atoms with Crippen molar-refractivity contribution in [2.45, 2.75) is 25.5 Å². The van der Waals surface area contributed by atoms with E-state index >= 15 is 0 Å². The van der Waals surface area contributed by atoms with Crippen molar-refractivity contribution in [1.29, 1.82) is 0 Å². The maximum absolute atomic E-state index is 11.1. The van der Waals surface area contributed by atoms with Crippen molar-refractivity contribution < 1.29 is 13.2 Å². The van der Waals surface area contributed by atoms with Gasteiger partial charge in [-0.25, -0.2) is 8.42 Å². The molecule has 3 nitrogen and oxygen atoms in total. The summed E-state index contributed by atoms with van der Waals surface area (Å²) in [6, 6.07) is 5.53. The molecule has 0 N–H and O–H groups in total. The zero-order chi connectivity index (χ0) is 12.5. The van der Waals surface area contributed by atoms with Gasteiger partial charge in [-0.05, 0) is 31.7 Å². The predicted molar refractivity (Wildman–Crippen MR) is 67.9 cm³/mol. The van der Waals surface area contributed by atoms with Crippen molar-refractivity contribution >= 4 is 19.7 Å². The highest BCUT2D eigenvalue weighted by molar-refractivity contribution is 8.13. The van der Waals surface area contributed by atoms with Gasteiger partial charge in [-0.1, -0.05) is 17.7 Å². The van der Waals surface area contributed by atoms with Crippen LogP contribution in [-0.4, -0.2) is 15.0 Å². The first kappa shape index (κ1) is 12.7. The highest BCUT2D eigenvalue weighted by Crippen LogP contribution is 2.31. The molecule has 94 valence electrons. The third-order valence-corrected chi connectivity index (χ3v) is 3.70. The number of aryl methyl sites for hydroxylation is 1. The zero-order valence-electron chi connectivity index (χ0n) is 9.65. The highest BCUT2D eigenvalue weighted by atomic mass is 35.7. The summed E-state index contributed by atoms with van der Waals surface area (Å²) in [5, 5.41) is 0. The van der Waals surface area contributed by atoms with Gasteiger partial charge in [-0.2, -0.15) is 0 Å². The minimum absolute atomic E-state index is 0.184. The van der Waals surface area contributed by atoms with Crippen LogP contribution in [0.3, 0.4) is 0 Å². The lowest BCUT2D eigenvalue weighted by Crippen LogP contribution is -2.04. The third kappa shape index (κ3) is 4.21. The molecule has 1 saturated carbocycles. The molecule has 1 fully saturated rings. The van der Waals surface area contributed by atoms with Crippen molar-refractivity contribution in [2.75, 3.05) is 6.61 Å². The second-order valence-electron chi connectivity index (χ2n) is 4.55. The summed E-state index contributed by atoms with van der Waals surface area (Å²) in [7, 11) is 1.74. The van der Waals surface area contributed by atoms with E-state index in [-0.39, 0.29) is 5.75 Å². The fraction of sp³-hybridized carbons (Fsp3) is 0.500. The minimum Gasteiger partial charge on any atom is -0.493 e. The van der Waals surface area contributed by atoms with Crippen LogP contribution >= 0.6 is 10.7 Å². The van der Waals surface area contributed by atoms with Crippen LogP contribution in [0.4, 0.5) is 0 Å². The lowest BCUT2D eigenvalue weighted by molar-refractivity contribution is 0.297. The molecule has 0 bridgehead atoms. The molecule has 0 heterocycles. The average Bonchev–Trinajstić information content (AvgIpc) is 2.97. The molecule has 0 amide bonds. The van der Waals surface area contributed by atoms with E-state index in [0.29, 0.717) is 23.8 Å². The molecule has 0 aromatic heterocycles. The molecular weight excluding hydrogens is 260 g/mol. The minimum atomic E-state index is -3.55. The first-order valence-corrected chi connectivity index (χ1v) is 8.06. The normalized spacial score (nSPS) is 15.9. The fourth-order valence-corrected chi connectivity index (χ4v) is 2.59. The molecular formula is C12H15ClO3S. The zero-order valence-corrected chi connectivity index (χ0v) is 11.2. The molecule has 0 spiro atoms. The standard InChI is InChI=1S/C12H15ClO3S/c1-9-2-5-12(16-7-10-3-4-10)11(6-9)8-17(13,14)15/h2,5-6,10H,3-4,7-8H2,1H3. The van der Waals surface area contributed by atoms with Crippen molar-refractivity contribution in [3.05, 3.63) is 29.3 Å². The summed E-state index contributed by atoms with van der Waals surface area (Å²) >= 11 is 0. The molecule has 1 aliphatic rings. The van der Waals surface area contributed by atoms with Crippen molar-refractivity contribution in [2.24, 2.45) is 5.92 Å². The van der Waals surface area contributed by atoms with E-state index in [1.807, 2.05) is 25.1 Å². The Morgan fingerprint density at radius 1 is 1.41 bits per heavy atom. The lowest BCUT2D eigenvalue weighted by Gasteiger charge is -2.11. The van der Waals surface area contributed by atoms with E-state index in [1.165, 1.54) is 12.8 Å². The molecule has 1 aromatic rings. The Morgan fingerprint density at radius 2 is 2.12 bits per heavy atom. The van der Waals surface area contributed by atoms with Gasteiger partial charge in [0.15, 0.2) is 0 Å². The van der Waals surface area contributed by atoms with Gasteiger partial charge < -0.3 is 4.74 Å².